The van der Waals surface area contributed by atoms with Gasteiger partial charge in [0.05, 0.1) is 11.0 Å². The third-order valence-electron chi connectivity index (χ3n) is 3.51. The van der Waals surface area contributed by atoms with E-state index in [1.807, 2.05) is 0 Å². The summed E-state index contributed by atoms with van der Waals surface area (Å²) in [5, 5.41) is 0. The van der Waals surface area contributed by atoms with Crippen molar-refractivity contribution >= 4 is 23.7 Å². The van der Waals surface area contributed by atoms with E-state index < -0.39 is 0 Å². The largest absolute Gasteiger partial charge is 0.327 e. The Morgan fingerprint density at radius 3 is 2.68 bits per heavy atom. The number of fused-ring (bicyclic) bond motifs is 1. The molecule has 3 aromatic rings. The van der Waals surface area contributed by atoms with E-state index in [1.54, 1.807) is 0 Å². The highest BCUT2D eigenvalue weighted by atomic mass is 32.1. The van der Waals surface area contributed by atoms with Crippen LogP contribution in [0, 0.1) is 6.92 Å². The smallest absolute Gasteiger partial charge is 0.141 e. The molecule has 0 atom stereocenters. The number of benzene rings is 2. The number of hydrogen-bond acceptors (Lipinski definition) is 2. The average molecular weight is 268 g/mol. The minimum absolute atomic E-state index is 0.751. The van der Waals surface area contributed by atoms with Crippen molar-refractivity contribution in [2.24, 2.45) is 7.05 Å². The van der Waals surface area contributed by atoms with Crippen LogP contribution >= 0.6 is 12.6 Å². The zero-order chi connectivity index (χ0) is 13.4. The molecule has 3 rings (SSSR count). The number of aromatic nitrogens is 2. The number of imidazole rings is 1. The molecule has 0 bridgehead atoms. The van der Waals surface area contributed by atoms with E-state index in [9.17, 15) is 0 Å². The van der Waals surface area contributed by atoms with Gasteiger partial charge in [0.1, 0.15) is 5.82 Å². The van der Waals surface area contributed by atoms with Crippen molar-refractivity contribution in [2.45, 2.75) is 12.7 Å². The Bertz CT molecular complexity index is 744. The van der Waals surface area contributed by atoms with Crippen LogP contribution in [0.1, 0.15) is 11.1 Å². The summed E-state index contributed by atoms with van der Waals surface area (Å²) in [7, 11) is 2.07. The predicted molar refractivity (Wildman–Crippen MR) is 83.6 cm³/mol. The topological polar surface area (TPSA) is 17.8 Å². The lowest BCUT2D eigenvalue weighted by molar-refractivity contribution is 0.957. The Morgan fingerprint density at radius 1 is 1.16 bits per heavy atom. The summed E-state index contributed by atoms with van der Waals surface area (Å²) in [6, 6.07) is 14.7. The van der Waals surface area contributed by atoms with E-state index in [2.05, 4.69) is 73.6 Å². The zero-order valence-corrected chi connectivity index (χ0v) is 12.0. The molecule has 0 aliphatic rings. The van der Waals surface area contributed by atoms with E-state index >= 15 is 0 Å². The quantitative estimate of drug-likeness (QED) is 0.696. The monoisotopic (exact) mass is 268 g/mol. The maximum absolute atomic E-state index is 4.76. The second-order valence-electron chi connectivity index (χ2n) is 4.79. The maximum Gasteiger partial charge on any atom is 0.141 e. The van der Waals surface area contributed by atoms with E-state index in [-0.39, 0.29) is 0 Å². The lowest BCUT2D eigenvalue weighted by Gasteiger charge is -2.05. The van der Waals surface area contributed by atoms with Crippen molar-refractivity contribution in [3.63, 3.8) is 0 Å². The number of rotatable bonds is 2. The lowest BCUT2D eigenvalue weighted by atomic mass is 10.1. The van der Waals surface area contributed by atoms with Crippen LogP contribution in [0.25, 0.3) is 22.4 Å². The minimum atomic E-state index is 0.751. The molecule has 0 unspecified atom stereocenters. The molecule has 0 fully saturated rings. The van der Waals surface area contributed by atoms with E-state index in [0.717, 1.165) is 22.6 Å². The van der Waals surface area contributed by atoms with E-state index in [4.69, 9.17) is 4.98 Å². The van der Waals surface area contributed by atoms with Gasteiger partial charge in [-0.25, -0.2) is 4.98 Å². The van der Waals surface area contributed by atoms with Gasteiger partial charge in [-0.1, -0.05) is 30.3 Å². The molecule has 2 aromatic carbocycles. The molecular weight excluding hydrogens is 252 g/mol. The summed E-state index contributed by atoms with van der Waals surface area (Å²) in [5.41, 5.74) is 5.84. The summed E-state index contributed by atoms with van der Waals surface area (Å²) in [5.74, 6) is 1.77. The molecule has 1 heterocycles. The molecule has 0 saturated carbocycles. The van der Waals surface area contributed by atoms with Crippen LogP contribution < -0.4 is 0 Å². The zero-order valence-electron chi connectivity index (χ0n) is 11.1. The molecule has 0 aliphatic heterocycles. The second kappa shape index (κ2) is 4.74. The third kappa shape index (κ3) is 2.04. The molecule has 2 nitrogen and oxygen atoms in total. The number of hydrogen-bond donors (Lipinski definition) is 1. The van der Waals surface area contributed by atoms with Gasteiger partial charge < -0.3 is 4.57 Å². The van der Waals surface area contributed by atoms with Gasteiger partial charge in [0.15, 0.2) is 0 Å². The van der Waals surface area contributed by atoms with Gasteiger partial charge in [-0.15, -0.1) is 0 Å². The maximum atomic E-state index is 4.76. The van der Waals surface area contributed by atoms with Crippen LogP contribution in [-0.2, 0) is 12.8 Å². The van der Waals surface area contributed by atoms with Gasteiger partial charge in [-0.05, 0) is 30.2 Å². The van der Waals surface area contributed by atoms with Crippen LogP contribution in [-0.4, -0.2) is 9.55 Å². The number of nitrogens with zero attached hydrogens (tertiary/aromatic N) is 2. The summed E-state index contributed by atoms with van der Waals surface area (Å²) >= 11 is 4.33. The standard InChI is InChI=1S/C16H16N2S/c1-11-5-3-4-6-13(11)16-17-14-8-7-12(10-19)9-15(14)18(16)2/h3-9,19H,10H2,1-2H3. The van der Waals surface area contributed by atoms with Crippen molar-refractivity contribution in [2.75, 3.05) is 0 Å². The first-order chi connectivity index (χ1) is 9.20. The Hall–Kier alpha value is -1.74. The van der Waals surface area contributed by atoms with E-state index in [1.165, 1.54) is 16.7 Å². The van der Waals surface area contributed by atoms with Crippen LogP contribution in [0.2, 0.25) is 0 Å². The van der Waals surface area contributed by atoms with Gasteiger partial charge in [-0.2, -0.15) is 12.6 Å². The summed E-state index contributed by atoms with van der Waals surface area (Å²) in [6.07, 6.45) is 0. The fraction of sp³-hybridized carbons (Fsp3) is 0.188. The molecule has 3 heteroatoms. The second-order valence-corrected chi connectivity index (χ2v) is 5.11. The van der Waals surface area contributed by atoms with Gasteiger partial charge in [0.25, 0.3) is 0 Å². The van der Waals surface area contributed by atoms with Crippen LogP contribution in [0.15, 0.2) is 42.5 Å². The molecule has 1 aromatic heterocycles. The Morgan fingerprint density at radius 2 is 1.95 bits per heavy atom. The molecule has 96 valence electrons. The number of aryl methyl sites for hydroxylation is 2. The molecule has 0 aliphatic carbocycles. The first-order valence-corrected chi connectivity index (χ1v) is 6.96. The Balaban J connectivity index is 2.26. The Kier molecular flexibility index (Phi) is 3.07. The van der Waals surface area contributed by atoms with Crippen LogP contribution in [0.4, 0.5) is 0 Å². The molecule has 0 N–H and O–H groups in total. The minimum Gasteiger partial charge on any atom is -0.327 e. The molecule has 0 radical (unpaired) electrons. The van der Waals surface area contributed by atoms with Gasteiger partial charge in [0, 0.05) is 18.4 Å². The van der Waals surface area contributed by atoms with Crippen LogP contribution in [0.3, 0.4) is 0 Å². The fourth-order valence-corrected chi connectivity index (χ4v) is 2.60. The van der Waals surface area contributed by atoms with Crippen molar-refractivity contribution < 1.29 is 0 Å². The van der Waals surface area contributed by atoms with Gasteiger partial charge >= 0.3 is 0 Å². The molecule has 0 spiro atoms. The van der Waals surface area contributed by atoms with Crippen molar-refractivity contribution in [3.05, 3.63) is 53.6 Å². The lowest BCUT2D eigenvalue weighted by Crippen LogP contribution is -1.94. The molecular formula is C16H16N2S. The fourth-order valence-electron chi connectivity index (χ4n) is 2.40. The van der Waals surface area contributed by atoms with Gasteiger partial charge in [-0.3, -0.25) is 0 Å². The highest BCUT2D eigenvalue weighted by molar-refractivity contribution is 7.79. The predicted octanol–water partition coefficient (Wildman–Crippen LogP) is 3.98. The third-order valence-corrected chi connectivity index (χ3v) is 3.88. The molecule has 0 saturated heterocycles. The first-order valence-electron chi connectivity index (χ1n) is 6.33. The molecule has 0 amide bonds. The summed E-state index contributed by atoms with van der Waals surface area (Å²) in [4.78, 5) is 4.76. The number of thiol groups is 1. The SMILES string of the molecule is Cc1ccccc1-c1nc2ccc(CS)cc2n1C. The molecule has 19 heavy (non-hydrogen) atoms. The van der Waals surface area contributed by atoms with Crippen LogP contribution in [0.5, 0.6) is 0 Å². The summed E-state index contributed by atoms with van der Waals surface area (Å²) < 4.78 is 2.16. The van der Waals surface area contributed by atoms with Gasteiger partial charge in [0.2, 0.25) is 0 Å². The van der Waals surface area contributed by atoms with E-state index in [0.29, 0.717) is 0 Å². The van der Waals surface area contributed by atoms with Crippen molar-refractivity contribution in [1.82, 2.24) is 9.55 Å². The highest BCUT2D eigenvalue weighted by Gasteiger charge is 2.11. The normalized spacial score (nSPS) is 11.1. The average Bonchev–Trinajstić information content (AvgIpc) is 2.76. The van der Waals surface area contributed by atoms with Crippen molar-refractivity contribution in [1.29, 1.82) is 0 Å². The van der Waals surface area contributed by atoms with Crippen molar-refractivity contribution in [3.8, 4) is 11.4 Å². The Labute approximate surface area is 118 Å². The summed E-state index contributed by atoms with van der Waals surface area (Å²) in [6.45, 7) is 2.12. The highest BCUT2D eigenvalue weighted by Crippen LogP contribution is 2.26. The first kappa shape index (κ1) is 12.3.